The predicted molar refractivity (Wildman–Crippen MR) is 97.9 cm³/mol. The first-order chi connectivity index (χ1) is 12.6. The molecule has 0 spiro atoms. The fourth-order valence-electron chi connectivity index (χ4n) is 3.28. The molecule has 142 valence electrons. The molecule has 27 heavy (non-hydrogen) atoms. The molecule has 3 heterocycles. The van der Waals surface area contributed by atoms with Crippen LogP contribution in [0, 0.1) is 13.8 Å². The maximum atomic E-state index is 9.55. The number of rotatable bonds is 2. The fraction of sp³-hybridized carbons (Fsp3) is 0.350. The summed E-state index contributed by atoms with van der Waals surface area (Å²) in [5.74, 6) is -1.56. The van der Waals surface area contributed by atoms with E-state index in [0.29, 0.717) is 12.2 Å². The van der Waals surface area contributed by atoms with E-state index in [-0.39, 0.29) is 17.8 Å². The third kappa shape index (κ3) is 3.93. The summed E-state index contributed by atoms with van der Waals surface area (Å²) in [6.45, 7) is 8.33. The van der Waals surface area contributed by atoms with Gasteiger partial charge in [-0.1, -0.05) is 0 Å². The molecule has 2 aliphatic rings. The number of nitrogens with zero attached hydrogens (tertiary/aromatic N) is 1. The summed E-state index contributed by atoms with van der Waals surface area (Å²) in [5, 5.41) is 16.8. The summed E-state index contributed by atoms with van der Waals surface area (Å²) in [6, 6.07) is 6.36. The van der Waals surface area contributed by atoms with E-state index >= 15 is 0 Å². The fourth-order valence-corrected chi connectivity index (χ4v) is 3.28. The first-order valence-electron chi connectivity index (χ1n) is 8.49. The minimum Gasteiger partial charge on any atom is -0.485 e. The normalized spacial score (nSPS) is 21.5. The number of carbonyl (C=O) groups is 2. The lowest BCUT2D eigenvalue weighted by Crippen LogP contribution is -2.37. The second-order valence-electron chi connectivity index (χ2n) is 7.18. The van der Waals surface area contributed by atoms with Crippen molar-refractivity contribution in [2.45, 2.75) is 45.5 Å². The van der Waals surface area contributed by atoms with E-state index in [4.69, 9.17) is 19.7 Å². The number of carboxylic acids is 2. The summed E-state index contributed by atoms with van der Waals surface area (Å²) in [7, 11) is 0. The summed E-state index contributed by atoms with van der Waals surface area (Å²) in [5.41, 5.74) is 4.24. The third-order valence-electron chi connectivity index (χ3n) is 4.50. The molecule has 4 rings (SSSR count). The maximum Gasteiger partial charge on any atom is 0.328 e. The Morgan fingerprint density at radius 1 is 1.11 bits per heavy atom. The van der Waals surface area contributed by atoms with Crippen LogP contribution in [0.1, 0.15) is 36.8 Å². The number of hydrogen-bond acceptors (Lipinski definition) is 5. The molecule has 7 nitrogen and oxygen atoms in total. The minimum atomic E-state index is -1.26. The molecule has 2 N–H and O–H groups in total. The van der Waals surface area contributed by atoms with E-state index in [2.05, 4.69) is 44.0 Å². The molecule has 1 saturated heterocycles. The number of fused-ring (bicyclic) bond motifs is 4. The van der Waals surface area contributed by atoms with Crippen molar-refractivity contribution in [2.75, 3.05) is 0 Å². The van der Waals surface area contributed by atoms with E-state index < -0.39 is 11.9 Å². The first-order valence-corrected chi connectivity index (χ1v) is 8.49. The maximum absolute atomic E-state index is 9.55. The quantitative estimate of drug-likeness (QED) is 0.616. The van der Waals surface area contributed by atoms with E-state index in [0.717, 1.165) is 22.5 Å². The van der Waals surface area contributed by atoms with Gasteiger partial charge in [0.1, 0.15) is 23.6 Å². The number of carboxylic acid groups (broad SMARTS) is 2. The number of ether oxygens (including phenoxy) is 2. The predicted octanol–water partition coefficient (Wildman–Crippen LogP) is 3.17. The van der Waals surface area contributed by atoms with Gasteiger partial charge in [-0.3, -0.25) is 4.98 Å². The van der Waals surface area contributed by atoms with Crippen LogP contribution in [0.15, 0.2) is 30.4 Å². The SMILES string of the molecule is Cc1cc(C)c2cc3c(cc2n1)[C@H]1O[C@H]1C(C)(C)O3.O=C(O)C=CC(=O)O. The molecule has 1 fully saturated rings. The average Bonchev–Trinajstić information content (AvgIpc) is 3.34. The van der Waals surface area contributed by atoms with Crippen molar-refractivity contribution in [2.24, 2.45) is 0 Å². The van der Waals surface area contributed by atoms with Crippen LogP contribution in [0.4, 0.5) is 0 Å². The Morgan fingerprint density at radius 2 is 1.74 bits per heavy atom. The van der Waals surface area contributed by atoms with Crippen LogP contribution in [-0.4, -0.2) is 38.8 Å². The molecule has 0 saturated carbocycles. The zero-order valence-electron chi connectivity index (χ0n) is 15.5. The van der Waals surface area contributed by atoms with Crippen molar-refractivity contribution in [3.63, 3.8) is 0 Å². The number of benzene rings is 1. The lowest BCUT2D eigenvalue weighted by atomic mass is 9.93. The van der Waals surface area contributed by atoms with Gasteiger partial charge in [0.15, 0.2) is 0 Å². The molecule has 2 atom stereocenters. The number of aromatic nitrogens is 1. The standard InChI is InChI=1S/C16H17NO2.C4H4O4/c1-8-5-9(2)17-12-6-11-13(7-10(8)12)19-16(3,4)15-14(11)18-15;5-3(6)1-2-4(7)8/h5-7,14-15H,1-4H3;1-2H,(H,5,6)(H,7,8)/t14-,15-;/m1./s1. The number of hydrogen-bond donors (Lipinski definition) is 2. The molecule has 0 unspecified atom stereocenters. The molecular formula is C20H21NO6. The van der Waals surface area contributed by atoms with Crippen molar-refractivity contribution in [1.82, 2.24) is 4.98 Å². The van der Waals surface area contributed by atoms with Gasteiger partial charge in [0.25, 0.3) is 0 Å². The summed E-state index contributed by atoms with van der Waals surface area (Å²) >= 11 is 0. The van der Waals surface area contributed by atoms with Crippen LogP contribution >= 0.6 is 0 Å². The van der Waals surface area contributed by atoms with Crippen LogP contribution in [0.25, 0.3) is 10.9 Å². The number of epoxide rings is 1. The van der Waals surface area contributed by atoms with Crippen molar-refractivity contribution in [3.05, 3.63) is 47.2 Å². The van der Waals surface area contributed by atoms with Gasteiger partial charge in [-0.2, -0.15) is 0 Å². The van der Waals surface area contributed by atoms with E-state index in [1.165, 1.54) is 10.9 Å². The lowest BCUT2D eigenvalue weighted by molar-refractivity contribution is -0.134. The Hall–Kier alpha value is -2.93. The molecule has 2 aliphatic heterocycles. The highest BCUT2D eigenvalue weighted by Crippen LogP contribution is 2.54. The minimum absolute atomic E-state index is 0.184. The molecule has 0 bridgehead atoms. The van der Waals surface area contributed by atoms with Crippen molar-refractivity contribution in [3.8, 4) is 5.75 Å². The summed E-state index contributed by atoms with van der Waals surface area (Å²) in [4.78, 5) is 23.7. The second-order valence-corrected chi connectivity index (χ2v) is 7.18. The van der Waals surface area contributed by atoms with Crippen LogP contribution in [0.2, 0.25) is 0 Å². The molecule has 7 heteroatoms. The Bertz CT molecular complexity index is 947. The van der Waals surface area contributed by atoms with Gasteiger partial charge in [-0.05, 0) is 51.5 Å². The molecule has 1 aromatic heterocycles. The zero-order chi connectivity index (χ0) is 19.9. The summed E-state index contributed by atoms with van der Waals surface area (Å²) < 4.78 is 11.9. The molecule has 0 aliphatic carbocycles. The van der Waals surface area contributed by atoms with Gasteiger partial charge in [0.05, 0.1) is 5.52 Å². The van der Waals surface area contributed by atoms with Crippen LogP contribution in [-0.2, 0) is 14.3 Å². The van der Waals surface area contributed by atoms with Crippen LogP contribution in [0.5, 0.6) is 5.75 Å². The highest BCUT2D eigenvalue weighted by atomic mass is 16.6. The molecule has 1 aromatic carbocycles. The lowest BCUT2D eigenvalue weighted by Gasteiger charge is -2.29. The number of aliphatic carboxylic acids is 2. The van der Waals surface area contributed by atoms with Gasteiger partial charge < -0.3 is 19.7 Å². The van der Waals surface area contributed by atoms with Crippen molar-refractivity contribution >= 4 is 22.8 Å². The molecule has 0 amide bonds. The van der Waals surface area contributed by atoms with Crippen LogP contribution in [0.3, 0.4) is 0 Å². The van der Waals surface area contributed by atoms with Crippen LogP contribution < -0.4 is 4.74 Å². The van der Waals surface area contributed by atoms with E-state index in [1.54, 1.807) is 0 Å². The van der Waals surface area contributed by atoms with Gasteiger partial charge in [-0.15, -0.1) is 0 Å². The highest BCUT2D eigenvalue weighted by Gasteiger charge is 2.56. The topological polar surface area (TPSA) is 109 Å². The van der Waals surface area contributed by atoms with Gasteiger partial charge in [0.2, 0.25) is 0 Å². The Balaban J connectivity index is 0.000000226. The highest BCUT2D eigenvalue weighted by molar-refractivity contribution is 5.89. The largest absolute Gasteiger partial charge is 0.485 e. The molecule has 2 aromatic rings. The second kappa shape index (κ2) is 6.66. The van der Waals surface area contributed by atoms with Gasteiger partial charge in [-0.25, -0.2) is 9.59 Å². The monoisotopic (exact) mass is 371 g/mol. The van der Waals surface area contributed by atoms with Crippen molar-refractivity contribution < 1.29 is 29.3 Å². The number of pyridine rings is 1. The van der Waals surface area contributed by atoms with Gasteiger partial charge >= 0.3 is 11.9 Å². The summed E-state index contributed by atoms with van der Waals surface area (Å²) in [6.07, 6.45) is 1.49. The van der Waals surface area contributed by atoms with Crippen molar-refractivity contribution in [1.29, 1.82) is 0 Å². The Morgan fingerprint density at radius 3 is 2.33 bits per heavy atom. The average molecular weight is 371 g/mol. The smallest absolute Gasteiger partial charge is 0.328 e. The number of aryl methyl sites for hydroxylation is 2. The van der Waals surface area contributed by atoms with E-state index in [1.807, 2.05) is 6.92 Å². The van der Waals surface area contributed by atoms with E-state index in [9.17, 15) is 9.59 Å². The molecule has 0 radical (unpaired) electrons. The third-order valence-corrected chi connectivity index (χ3v) is 4.50. The van der Waals surface area contributed by atoms with Gasteiger partial charge in [0, 0.05) is 28.8 Å². The zero-order valence-corrected chi connectivity index (χ0v) is 15.5. The molecular weight excluding hydrogens is 350 g/mol. The Labute approximate surface area is 156 Å². The Kier molecular flexibility index (Phi) is 4.65. The first kappa shape index (κ1) is 18.8.